The number of rotatable bonds is 3. The third-order valence-corrected chi connectivity index (χ3v) is 4.24. The van der Waals surface area contributed by atoms with Crippen LogP contribution in [0.5, 0.6) is 5.75 Å². The number of nitrogens with zero attached hydrogens (tertiary/aromatic N) is 1. The Balaban J connectivity index is 1.80. The number of carbonyl (C=O) groups is 1. The standard InChI is InChI=1S/C16H22N2O3/c1-20-14-7-3-2-5-12(14)13-6-4-9-18(13)16(19)15-11-17-8-10-21-15/h2-3,5,7,13,15,17H,4,6,8-11H2,1H3/t13-,15-/m0/s1. The van der Waals surface area contributed by atoms with Gasteiger partial charge in [-0.15, -0.1) is 0 Å². The molecule has 2 fully saturated rings. The molecule has 2 atom stereocenters. The average Bonchev–Trinajstić information content (AvgIpc) is 3.04. The van der Waals surface area contributed by atoms with Gasteiger partial charge in [0, 0.05) is 25.2 Å². The van der Waals surface area contributed by atoms with E-state index in [-0.39, 0.29) is 18.1 Å². The Kier molecular flexibility index (Phi) is 4.41. The van der Waals surface area contributed by atoms with Crippen LogP contribution in [0.3, 0.4) is 0 Å². The van der Waals surface area contributed by atoms with Crippen LogP contribution < -0.4 is 10.1 Å². The van der Waals surface area contributed by atoms with E-state index in [1.807, 2.05) is 23.1 Å². The maximum Gasteiger partial charge on any atom is 0.253 e. The second-order valence-electron chi connectivity index (χ2n) is 5.50. The number of morpholine rings is 1. The first-order valence-corrected chi connectivity index (χ1v) is 7.57. The minimum absolute atomic E-state index is 0.0932. The number of hydrogen-bond donors (Lipinski definition) is 1. The Morgan fingerprint density at radius 3 is 3.05 bits per heavy atom. The van der Waals surface area contributed by atoms with Crippen molar-refractivity contribution in [2.24, 2.45) is 0 Å². The number of likely N-dealkylation sites (tertiary alicyclic amines) is 1. The Morgan fingerprint density at radius 1 is 1.43 bits per heavy atom. The molecule has 2 saturated heterocycles. The number of ether oxygens (including phenoxy) is 2. The Bertz CT molecular complexity index is 500. The van der Waals surface area contributed by atoms with Crippen molar-refractivity contribution in [3.8, 4) is 5.75 Å². The molecule has 21 heavy (non-hydrogen) atoms. The van der Waals surface area contributed by atoms with Crippen LogP contribution in [0.1, 0.15) is 24.4 Å². The molecule has 0 bridgehead atoms. The molecule has 0 radical (unpaired) electrons. The van der Waals surface area contributed by atoms with E-state index in [1.165, 1.54) is 0 Å². The maximum absolute atomic E-state index is 12.7. The van der Waals surface area contributed by atoms with Crippen molar-refractivity contribution in [1.82, 2.24) is 10.2 Å². The van der Waals surface area contributed by atoms with Crippen LogP contribution in [-0.2, 0) is 9.53 Å². The fraction of sp³-hybridized carbons (Fsp3) is 0.562. The highest BCUT2D eigenvalue weighted by Gasteiger charge is 2.36. The highest BCUT2D eigenvalue weighted by molar-refractivity contribution is 5.82. The van der Waals surface area contributed by atoms with Crippen LogP contribution in [0.2, 0.25) is 0 Å². The molecule has 0 spiro atoms. The van der Waals surface area contributed by atoms with Gasteiger partial charge in [-0.3, -0.25) is 4.79 Å². The average molecular weight is 290 g/mol. The number of carbonyl (C=O) groups excluding carboxylic acids is 1. The van der Waals surface area contributed by atoms with E-state index in [1.54, 1.807) is 7.11 Å². The summed E-state index contributed by atoms with van der Waals surface area (Å²) in [4.78, 5) is 14.7. The lowest BCUT2D eigenvalue weighted by molar-refractivity contribution is -0.146. The summed E-state index contributed by atoms with van der Waals surface area (Å²) >= 11 is 0. The summed E-state index contributed by atoms with van der Waals surface area (Å²) in [7, 11) is 1.67. The van der Waals surface area contributed by atoms with Crippen molar-refractivity contribution in [3.05, 3.63) is 29.8 Å². The number of hydrogen-bond acceptors (Lipinski definition) is 4. The molecule has 0 aliphatic carbocycles. The molecule has 0 unspecified atom stereocenters. The molecule has 0 aromatic heterocycles. The molecular formula is C16H22N2O3. The maximum atomic E-state index is 12.7. The molecule has 1 aromatic carbocycles. The summed E-state index contributed by atoms with van der Waals surface area (Å²) in [6.45, 7) is 2.82. The van der Waals surface area contributed by atoms with Gasteiger partial charge in [0.25, 0.3) is 5.91 Å². The summed E-state index contributed by atoms with van der Waals surface area (Å²) in [5, 5.41) is 3.22. The third-order valence-electron chi connectivity index (χ3n) is 4.24. The number of amides is 1. The van der Waals surface area contributed by atoms with Crippen molar-refractivity contribution >= 4 is 5.91 Å². The van der Waals surface area contributed by atoms with Crippen molar-refractivity contribution in [3.63, 3.8) is 0 Å². The molecular weight excluding hydrogens is 268 g/mol. The number of para-hydroxylation sites is 1. The zero-order chi connectivity index (χ0) is 14.7. The van der Waals surface area contributed by atoms with Crippen molar-refractivity contribution in [2.45, 2.75) is 25.0 Å². The largest absolute Gasteiger partial charge is 0.496 e. The quantitative estimate of drug-likeness (QED) is 0.913. The summed E-state index contributed by atoms with van der Waals surface area (Å²) in [6, 6.07) is 8.05. The van der Waals surface area contributed by atoms with Gasteiger partial charge in [-0.1, -0.05) is 18.2 Å². The first kappa shape index (κ1) is 14.4. The second-order valence-corrected chi connectivity index (χ2v) is 5.50. The lowest BCUT2D eigenvalue weighted by Crippen LogP contribution is -2.49. The van der Waals surface area contributed by atoms with E-state index in [0.29, 0.717) is 13.2 Å². The summed E-state index contributed by atoms with van der Waals surface area (Å²) < 4.78 is 11.1. The Hall–Kier alpha value is -1.59. The first-order valence-electron chi connectivity index (χ1n) is 7.57. The highest BCUT2D eigenvalue weighted by atomic mass is 16.5. The van der Waals surface area contributed by atoms with Gasteiger partial charge in [-0.05, 0) is 18.9 Å². The molecule has 0 saturated carbocycles. The molecule has 3 rings (SSSR count). The molecule has 2 heterocycles. The number of nitrogens with one attached hydrogen (secondary N) is 1. The van der Waals surface area contributed by atoms with Gasteiger partial charge < -0.3 is 19.7 Å². The normalized spacial score (nSPS) is 25.9. The van der Waals surface area contributed by atoms with Crippen LogP contribution in [-0.4, -0.2) is 50.3 Å². The van der Waals surface area contributed by atoms with Gasteiger partial charge in [0.05, 0.1) is 19.8 Å². The number of benzene rings is 1. The zero-order valence-corrected chi connectivity index (χ0v) is 12.4. The van der Waals surface area contributed by atoms with Crippen LogP contribution in [0.25, 0.3) is 0 Å². The van der Waals surface area contributed by atoms with Crippen molar-refractivity contribution < 1.29 is 14.3 Å². The topological polar surface area (TPSA) is 50.8 Å². The van der Waals surface area contributed by atoms with Gasteiger partial charge >= 0.3 is 0 Å². The monoisotopic (exact) mass is 290 g/mol. The van der Waals surface area contributed by atoms with Crippen LogP contribution in [0.15, 0.2) is 24.3 Å². The fourth-order valence-corrected chi connectivity index (χ4v) is 3.20. The smallest absolute Gasteiger partial charge is 0.253 e. The van der Waals surface area contributed by atoms with Crippen LogP contribution in [0.4, 0.5) is 0 Å². The summed E-state index contributed by atoms with van der Waals surface area (Å²) in [5.41, 5.74) is 1.09. The molecule has 2 aliphatic rings. The van der Waals surface area contributed by atoms with Gasteiger partial charge in [0.2, 0.25) is 0 Å². The molecule has 5 nitrogen and oxygen atoms in total. The van der Waals surface area contributed by atoms with Crippen molar-refractivity contribution in [1.29, 1.82) is 0 Å². The molecule has 1 amide bonds. The molecule has 5 heteroatoms. The summed E-state index contributed by atoms with van der Waals surface area (Å²) in [6.07, 6.45) is 1.65. The zero-order valence-electron chi connectivity index (χ0n) is 12.4. The predicted molar refractivity (Wildman–Crippen MR) is 79.3 cm³/mol. The minimum atomic E-state index is -0.353. The van der Waals surface area contributed by atoms with E-state index >= 15 is 0 Å². The second kappa shape index (κ2) is 6.45. The predicted octanol–water partition coefficient (Wildman–Crippen LogP) is 1.35. The SMILES string of the molecule is COc1ccccc1[C@@H]1CCCN1C(=O)[C@@H]1CNCCO1. The highest BCUT2D eigenvalue weighted by Crippen LogP contribution is 2.37. The van der Waals surface area contributed by atoms with Gasteiger partial charge in [0.15, 0.2) is 0 Å². The van der Waals surface area contributed by atoms with Gasteiger partial charge in [0.1, 0.15) is 11.9 Å². The van der Waals surface area contributed by atoms with Crippen LogP contribution >= 0.6 is 0 Å². The summed E-state index contributed by atoms with van der Waals surface area (Å²) in [5.74, 6) is 0.945. The van der Waals surface area contributed by atoms with E-state index in [2.05, 4.69) is 11.4 Å². The van der Waals surface area contributed by atoms with Crippen molar-refractivity contribution in [2.75, 3.05) is 33.4 Å². The lowest BCUT2D eigenvalue weighted by atomic mass is 10.0. The third kappa shape index (κ3) is 2.89. The Labute approximate surface area is 125 Å². The minimum Gasteiger partial charge on any atom is -0.496 e. The molecule has 1 aromatic rings. The number of methoxy groups -OCH3 is 1. The lowest BCUT2D eigenvalue weighted by Gasteiger charge is -2.31. The first-order chi connectivity index (χ1) is 10.3. The van der Waals surface area contributed by atoms with E-state index in [9.17, 15) is 4.79 Å². The van der Waals surface area contributed by atoms with E-state index < -0.39 is 0 Å². The van der Waals surface area contributed by atoms with E-state index in [0.717, 1.165) is 37.2 Å². The molecule has 1 N–H and O–H groups in total. The van der Waals surface area contributed by atoms with Crippen LogP contribution in [0, 0.1) is 0 Å². The molecule has 114 valence electrons. The fourth-order valence-electron chi connectivity index (χ4n) is 3.20. The van der Waals surface area contributed by atoms with E-state index in [4.69, 9.17) is 9.47 Å². The Morgan fingerprint density at radius 2 is 2.29 bits per heavy atom. The molecule has 2 aliphatic heterocycles. The van der Waals surface area contributed by atoms with Gasteiger partial charge in [-0.2, -0.15) is 0 Å². The van der Waals surface area contributed by atoms with Gasteiger partial charge in [-0.25, -0.2) is 0 Å².